The Labute approximate surface area is 118 Å². The van der Waals surface area contributed by atoms with Crippen molar-refractivity contribution in [1.29, 1.82) is 0 Å². The minimum atomic E-state index is -0.916. The first kappa shape index (κ1) is 13.2. The second-order valence-corrected chi connectivity index (χ2v) is 5.33. The van der Waals surface area contributed by atoms with Gasteiger partial charge in [0.25, 0.3) is 0 Å². The van der Waals surface area contributed by atoms with E-state index >= 15 is 0 Å². The van der Waals surface area contributed by atoms with Gasteiger partial charge in [0.2, 0.25) is 0 Å². The quantitative estimate of drug-likeness (QED) is 0.860. The Bertz CT molecular complexity index is 526. The summed E-state index contributed by atoms with van der Waals surface area (Å²) in [5, 5.41) is 8.81. The lowest BCUT2D eigenvalue weighted by molar-refractivity contribution is -0.131. The van der Waals surface area contributed by atoms with Crippen LogP contribution in [-0.4, -0.2) is 36.4 Å². The lowest BCUT2D eigenvalue weighted by atomic mass is 10.1. The molecule has 1 N–H and O–H groups in total. The van der Waals surface area contributed by atoms with Crippen LogP contribution in [0.25, 0.3) is 6.08 Å². The second-order valence-electron chi connectivity index (χ2n) is 5.33. The number of fused-ring (bicyclic) bond motifs is 1. The third-order valence-corrected chi connectivity index (χ3v) is 4.13. The molecule has 1 saturated heterocycles. The summed E-state index contributed by atoms with van der Waals surface area (Å²) >= 11 is 0. The fraction of sp³-hybridized carbons (Fsp3) is 0.438. The molecule has 0 spiro atoms. The Hall–Kier alpha value is -1.81. The third-order valence-electron chi connectivity index (χ3n) is 4.13. The van der Waals surface area contributed by atoms with E-state index in [1.165, 1.54) is 12.5 Å². The number of carboxylic acid groups (broad SMARTS) is 1. The highest BCUT2D eigenvalue weighted by Crippen LogP contribution is 2.34. The number of benzene rings is 1. The van der Waals surface area contributed by atoms with Crippen molar-refractivity contribution < 1.29 is 14.6 Å². The summed E-state index contributed by atoms with van der Waals surface area (Å²) in [5.41, 5.74) is 2.08. The number of para-hydroxylation sites is 1. The van der Waals surface area contributed by atoms with E-state index in [0.717, 1.165) is 37.2 Å². The van der Waals surface area contributed by atoms with Crippen LogP contribution in [-0.2, 0) is 9.53 Å². The number of hydrogen-bond donors (Lipinski definition) is 1. The zero-order chi connectivity index (χ0) is 13.9. The highest BCUT2D eigenvalue weighted by atomic mass is 16.5. The normalized spacial score (nSPS) is 25.9. The average Bonchev–Trinajstić information content (AvgIpc) is 2.93. The van der Waals surface area contributed by atoms with E-state index in [0.29, 0.717) is 12.1 Å². The smallest absolute Gasteiger partial charge is 0.328 e. The van der Waals surface area contributed by atoms with E-state index in [4.69, 9.17) is 9.84 Å². The van der Waals surface area contributed by atoms with Crippen molar-refractivity contribution in [1.82, 2.24) is 0 Å². The van der Waals surface area contributed by atoms with Crippen LogP contribution < -0.4 is 4.90 Å². The highest BCUT2D eigenvalue weighted by Gasteiger charge is 2.36. The predicted molar refractivity (Wildman–Crippen MR) is 77.8 cm³/mol. The Morgan fingerprint density at radius 2 is 2.20 bits per heavy atom. The molecule has 1 saturated carbocycles. The summed E-state index contributed by atoms with van der Waals surface area (Å²) < 4.78 is 5.84. The molecule has 1 heterocycles. The van der Waals surface area contributed by atoms with E-state index in [1.54, 1.807) is 6.08 Å². The van der Waals surface area contributed by atoms with Gasteiger partial charge in [-0.2, -0.15) is 0 Å². The maximum atomic E-state index is 10.7. The molecule has 1 aliphatic carbocycles. The van der Waals surface area contributed by atoms with Gasteiger partial charge < -0.3 is 14.7 Å². The Morgan fingerprint density at radius 1 is 1.35 bits per heavy atom. The van der Waals surface area contributed by atoms with Gasteiger partial charge >= 0.3 is 5.97 Å². The summed E-state index contributed by atoms with van der Waals surface area (Å²) in [6.45, 7) is 1.62. The summed E-state index contributed by atoms with van der Waals surface area (Å²) in [5.74, 6) is -0.916. The predicted octanol–water partition coefficient (Wildman–Crippen LogP) is 2.54. The Kier molecular flexibility index (Phi) is 3.74. The molecule has 1 aliphatic heterocycles. The number of nitrogens with zero attached hydrogens (tertiary/aromatic N) is 1. The minimum absolute atomic E-state index is 0.334. The number of morpholine rings is 1. The standard InChI is InChI=1S/C16H19NO3/c18-16(19)9-8-12-4-1-2-5-13(12)17-10-11-20-15-7-3-6-14(15)17/h1-2,4-5,8-9,14-15H,3,6-7,10-11H2,(H,18,19). The van der Waals surface area contributed by atoms with Crippen LogP contribution in [0.15, 0.2) is 30.3 Å². The minimum Gasteiger partial charge on any atom is -0.478 e. The topological polar surface area (TPSA) is 49.8 Å². The van der Waals surface area contributed by atoms with Crippen molar-refractivity contribution in [2.75, 3.05) is 18.1 Å². The molecule has 2 fully saturated rings. The average molecular weight is 273 g/mol. The van der Waals surface area contributed by atoms with E-state index in [9.17, 15) is 4.79 Å². The van der Waals surface area contributed by atoms with Crippen LogP contribution in [0.1, 0.15) is 24.8 Å². The SMILES string of the molecule is O=C(O)C=Cc1ccccc1N1CCOC2CCCC21. The van der Waals surface area contributed by atoms with Crippen LogP contribution in [0.5, 0.6) is 0 Å². The van der Waals surface area contributed by atoms with E-state index in [2.05, 4.69) is 11.0 Å². The molecule has 0 radical (unpaired) electrons. The molecular weight excluding hydrogens is 254 g/mol. The highest BCUT2D eigenvalue weighted by molar-refractivity contribution is 5.87. The number of ether oxygens (including phenoxy) is 1. The second kappa shape index (κ2) is 5.67. The van der Waals surface area contributed by atoms with Gasteiger partial charge in [0, 0.05) is 18.3 Å². The number of rotatable bonds is 3. The van der Waals surface area contributed by atoms with Gasteiger partial charge in [0.1, 0.15) is 0 Å². The molecule has 4 heteroatoms. The van der Waals surface area contributed by atoms with Crippen molar-refractivity contribution in [3.05, 3.63) is 35.9 Å². The number of carbonyl (C=O) groups is 1. The van der Waals surface area contributed by atoms with Crippen molar-refractivity contribution in [2.45, 2.75) is 31.4 Å². The van der Waals surface area contributed by atoms with Crippen LogP contribution in [0.4, 0.5) is 5.69 Å². The summed E-state index contributed by atoms with van der Waals surface area (Å²) in [6, 6.07) is 8.42. The van der Waals surface area contributed by atoms with Crippen molar-refractivity contribution >= 4 is 17.7 Å². The van der Waals surface area contributed by atoms with Crippen LogP contribution in [0.2, 0.25) is 0 Å². The fourth-order valence-electron chi connectivity index (χ4n) is 3.28. The van der Waals surface area contributed by atoms with Gasteiger partial charge in [0.15, 0.2) is 0 Å². The zero-order valence-electron chi connectivity index (χ0n) is 11.4. The molecular formula is C16H19NO3. The molecule has 0 bridgehead atoms. The van der Waals surface area contributed by atoms with Crippen LogP contribution >= 0.6 is 0 Å². The Morgan fingerprint density at radius 3 is 3.05 bits per heavy atom. The molecule has 0 aromatic heterocycles. The van der Waals surface area contributed by atoms with Gasteiger partial charge in [-0.05, 0) is 37.0 Å². The van der Waals surface area contributed by atoms with Gasteiger partial charge in [-0.3, -0.25) is 0 Å². The molecule has 106 valence electrons. The molecule has 0 amide bonds. The van der Waals surface area contributed by atoms with Crippen molar-refractivity contribution in [2.24, 2.45) is 0 Å². The molecule has 3 rings (SSSR count). The van der Waals surface area contributed by atoms with Crippen LogP contribution in [0, 0.1) is 0 Å². The van der Waals surface area contributed by atoms with E-state index in [-0.39, 0.29) is 0 Å². The number of anilines is 1. The van der Waals surface area contributed by atoms with Crippen molar-refractivity contribution in [3.63, 3.8) is 0 Å². The maximum Gasteiger partial charge on any atom is 0.328 e. The molecule has 20 heavy (non-hydrogen) atoms. The molecule has 2 unspecified atom stereocenters. The molecule has 4 nitrogen and oxygen atoms in total. The van der Waals surface area contributed by atoms with Gasteiger partial charge in [0.05, 0.1) is 18.8 Å². The van der Waals surface area contributed by atoms with Gasteiger partial charge in [-0.25, -0.2) is 4.79 Å². The lowest BCUT2D eigenvalue weighted by Gasteiger charge is -2.40. The lowest BCUT2D eigenvalue weighted by Crippen LogP contribution is -2.48. The Balaban J connectivity index is 1.91. The summed E-state index contributed by atoms with van der Waals surface area (Å²) in [6.07, 6.45) is 6.71. The maximum absolute atomic E-state index is 10.7. The van der Waals surface area contributed by atoms with Gasteiger partial charge in [-0.15, -0.1) is 0 Å². The van der Waals surface area contributed by atoms with Crippen molar-refractivity contribution in [3.8, 4) is 0 Å². The van der Waals surface area contributed by atoms with Crippen LogP contribution in [0.3, 0.4) is 0 Å². The van der Waals surface area contributed by atoms with E-state index < -0.39 is 5.97 Å². The van der Waals surface area contributed by atoms with Gasteiger partial charge in [-0.1, -0.05) is 18.2 Å². The largest absolute Gasteiger partial charge is 0.478 e. The first-order chi connectivity index (χ1) is 9.75. The third kappa shape index (κ3) is 2.56. The monoisotopic (exact) mass is 273 g/mol. The number of hydrogen-bond acceptors (Lipinski definition) is 3. The first-order valence-electron chi connectivity index (χ1n) is 7.14. The number of carboxylic acids is 1. The summed E-state index contributed by atoms with van der Waals surface area (Å²) in [4.78, 5) is 13.1. The number of aliphatic carboxylic acids is 1. The molecule has 2 aliphatic rings. The summed E-state index contributed by atoms with van der Waals surface area (Å²) in [7, 11) is 0. The molecule has 1 aromatic rings. The fourth-order valence-corrected chi connectivity index (χ4v) is 3.28. The first-order valence-corrected chi connectivity index (χ1v) is 7.14. The zero-order valence-corrected chi connectivity index (χ0v) is 11.4. The molecule has 2 atom stereocenters. The van der Waals surface area contributed by atoms with E-state index in [1.807, 2.05) is 18.2 Å². The molecule has 1 aromatic carbocycles.